The van der Waals surface area contributed by atoms with Gasteiger partial charge in [0, 0.05) is 77.1 Å². The van der Waals surface area contributed by atoms with Gasteiger partial charge in [0.05, 0.1) is 34.0 Å². The summed E-state index contributed by atoms with van der Waals surface area (Å²) in [5.74, 6) is 4.19. The van der Waals surface area contributed by atoms with E-state index in [2.05, 4.69) is 240 Å². The molecular weight excluding hydrogens is 1370 g/mol. The van der Waals surface area contributed by atoms with Gasteiger partial charge in [-0.2, -0.15) is 0 Å². The lowest BCUT2D eigenvalue weighted by Gasteiger charge is -2.12. The molecule has 0 aliphatic carbocycles. The number of furan rings is 2. The standard InChI is InChI=1S/2C50H31N5O/c1-3-14-32(15-4-1)34-18-11-19-36(30-34)49-52-48(33-16-5-2-6-17-33)53-50(54-49)41-23-13-27-46(51-41)55-42-24-9-7-20-38(42)39-29-28-35(31-43(39)55)37-22-12-26-45-47(37)40-21-8-10-25-44(40)56-45;1-3-13-32(14-4-1)34-17-11-18-36(27-34)49-52-48(33-15-5-2-6-16-33)53-50(54-49)37-28-38(31-51-30-37)55-43-22-9-7-19-40(43)41-26-25-35(29-44(41)55)39-21-12-24-46-47(39)42-20-8-10-23-45(42)56-46/h2*1-31H. The first kappa shape index (κ1) is 64.9. The zero-order valence-corrected chi connectivity index (χ0v) is 60.1. The van der Waals surface area contributed by atoms with Gasteiger partial charge in [-0.15, -0.1) is 0 Å². The molecule has 112 heavy (non-hydrogen) atoms. The van der Waals surface area contributed by atoms with Crippen molar-refractivity contribution in [1.82, 2.24) is 49.0 Å². The van der Waals surface area contributed by atoms with E-state index in [0.717, 1.165) is 166 Å². The van der Waals surface area contributed by atoms with Crippen LogP contribution in [0.5, 0.6) is 0 Å². The van der Waals surface area contributed by atoms with Crippen LogP contribution in [-0.4, -0.2) is 49.0 Å². The van der Waals surface area contributed by atoms with Crippen LogP contribution in [0.3, 0.4) is 0 Å². The van der Waals surface area contributed by atoms with Crippen molar-refractivity contribution in [3.05, 3.63) is 376 Å². The lowest BCUT2D eigenvalue weighted by atomic mass is 9.98. The molecule has 14 aromatic carbocycles. The third-order valence-electron chi connectivity index (χ3n) is 21.0. The molecule has 0 aliphatic rings. The zero-order chi connectivity index (χ0) is 74.0. The Labute approximate surface area is 642 Å². The highest BCUT2D eigenvalue weighted by atomic mass is 16.3. The maximum atomic E-state index is 6.27. The monoisotopic (exact) mass is 1430 g/mol. The molecule has 0 aliphatic heterocycles. The second-order valence-corrected chi connectivity index (χ2v) is 27.8. The fourth-order valence-corrected chi connectivity index (χ4v) is 15.8. The Balaban J connectivity index is 0.000000141. The van der Waals surface area contributed by atoms with Gasteiger partial charge in [-0.3, -0.25) is 9.55 Å². The number of aromatic nitrogens is 10. The molecule has 524 valence electrons. The molecule has 0 saturated heterocycles. The SMILES string of the molecule is c1ccc(-c2cccc(-c3nc(-c4ccccc4)nc(-c4cccc(-n5c6ccccc6c6ccc(-c7cccc8oc9ccccc9c78)cc65)n4)n3)c2)cc1.c1ccc(-c2cccc(-c3nc(-c4ccccc4)nc(-c4cncc(-n5c6ccccc6c6ccc(-c7cccc8oc9ccccc9c78)cc65)c4)n3)c2)cc1. The van der Waals surface area contributed by atoms with E-state index in [1.165, 1.54) is 5.39 Å². The second kappa shape index (κ2) is 27.4. The average molecular weight is 1440 g/mol. The summed E-state index contributed by atoms with van der Waals surface area (Å²) in [7, 11) is 0. The van der Waals surface area contributed by atoms with Gasteiger partial charge < -0.3 is 13.4 Å². The number of hydrogen-bond donors (Lipinski definition) is 0. The fourth-order valence-electron chi connectivity index (χ4n) is 15.8. The molecule has 0 saturated carbocycles. The van der Waals surface area contributed by atoms with Crippen molar-refractivity contribution < 1.29 is 8.83 Å². The summed E-state index contributed by atoms with van der Waals surface area (Å²) in [6, 6.07) is 125. The molecule has 12 heteroatoms. The van der Waals surface area contributed by atoms with Gasteiger partial charge in [0.25, 0.3) is 0 Å². The van der Waals surface area contributed by atoms with Crippen LogP contribution in [0, 0.1) is 0 Å². The van der Waals surface area contributed by atoms with Gasteiger partial charge in [-0.25, -0.2) is 34.9 Å². The number of hydrogen-bond acceptors (Lipinski definition) is 10. The molecule has 0 radical (unpaired) electrons. The highest BCUT2D eigenvalue weighted by Crippen LogP contribution is 2.44. The van der Waals surface area contributed by atoms with Crippen molar-refractivity contribution in [1.29, 1.82) is 0 Å². The lowest BCUT2D eigenvalue weighted by Crippen LogP contribution is -2.03. The summed E-state index contributed by atoms with van der Waals surface area (Å²) in [6.45, 7) is 0. The van der Waals surface area contributed by atoms with Gasteiger partial charge in [0.15, 0.2) is 34.9 Å². The molecule has 0 spiro atoms. The van der Waals surface area contributed by atoms with Gasteiger partial charge >= 0.3 is 0 Å². The summed E-state index contributed by atoms with van der Waals surface area (Å²) in [4.78, 5) is 40.4. The topological polar surface area (TPSA) is 139 Å². The van der Waals surface area contributed by atoms with Crippen LogP contribution in [0.15, 0.2) is 385 Å². The van der Waals surface area contributed by atoms with Crippen molar-refractivity contribution in [2.24, 2.45) is 0 Å². The van der Waals surface area contributed by atoms with Gasteiger partial charge in [0.2, 0.25) is 0 Å². The van der Waals surface area contributed by atoms with E-state index >= 15 is 0 Å². The quantitative estimate of drug-likeness (QED) is 0.116. The van der Waals surface area contributed by atoms with Crippen molar-refractivity contribution in [3.8, 4) is 124 Å². The summed E-state index contributed by atoms with van der Waals surface area (Å²) in [5, 5.41) is 9.06. The maximum absolute atomic E-state index is 6.27. The molecule has 12 nitrogen and oxygen atoms in total. The smallest absolute Gasteiger partial charge is 0.182 e. The zero-order valence-electron chi connectivity index (χ0n) is 60.1. The number of para-hydroxylation sites is 4. The third-order valence-corrected chi connectivity index (χ3v) is 21.0. The molecule has 0 amide bonds. The summed E-state index contributed by atoms with van der Waals surface area (Å²) in [6.07, 6.45) is 3.75. The number of fused-ring (bicyclic) bond motifs is 12. The van der Waals surface area contributed by atoms with E-state index in [4.69, 9.17) is 48.7 Å². The van der Waals surface area contributed by atoms with Crippen LogP contribution in [0.1, 0.15) is 0 Å². The highest BCUT2D eigenvalue weighted by Gasteiger charge is 2.23. The average Bonchev–Trinajstić information content (AvgIpc) is 1.58. The van der Waals surface area contributed by atoms with Crippen LogP contribution in [0.2, 0.25) is 0 Å². The van der Waals surface area contributed by atoms with E-state index in [-0.39, 0.29) is 0 Å². The molecule has 0 unspecified atom stereocenters. The Hall–Kier alpha value is -15.4. The molecule has 22 aromatic rings. The Morgan fingerprint density at radius 2 is 0.580 bits per heavy atom. The first-order valence-corrected chi connectivity index (χ1v) is 37.3. The van der Waals surface area contributed by atoms with Crippen LogP contribution < -0.4 is 0 Å². The Kier molecular flexibility index (Phi) is 15.9. The van der Waals surface area contributed by atoms with Gasteiger partial charge in [-0.1, -0.05) is 285 Å². The molecule has 0 bridgehead atoms. The van der Waals surface area contributed by atoms with Gasteiger partial charge in [0.1, 0.15) is 33.8 Å². The molecule has 8 aromatic heterocycles. The largest absolute Gasteiger partial charge is 0.456 e. The minimum absolute atomic E-state index is 0.501. The van der Waals surface area contributed by atoms with Crippen molar-refractivity contribution >= 4 is 87.5 Å². The first-order valence-electron chi connectivity index (χ1n) is 37.3. The van der Waals surface area contributed by atoms with Crippen LogP contribution in [0.4, 0.5) is 0 Å². The first-order chi connectivity index (χ1) is 55.5. The van der Waals surface area contributed by atoms with E-state index in [1.54, 1.807) is 0 Å². The summed E-state index contributed by atoms with van der Waals surface area (Å²) >= 11 is 0. The van der Waals surface area contributed by atoms with Crippen molar-refractivity contribution in [2.45, 2.75) is 0 Å². The number of rotatable bonds is 12. The maximum Gasteiger partial charge on any atom is 0.182 e. The van der Waals surface area contributed by atoms with Crippen molar-refractivity contribution in [2.75, 3.05) is 0 Å². The van der Waals surface area contributed by atoms with Crippen LogP contribution >= 0.6 is 0 Å². The number of benzene rings is 14. The molecule has 0 N–H and O–H groups in total. The molecule has 0 fully saturated rings. The summed E-state index contributed by atoms with van der Waals surface area (Å²) in [5.41, 5.74) is 22.7. The highest BCUT2D eigenvalue weighted by molar-refractivity contribution is 6.17. The molecular formula is C100H62N10O2. The second-order valence-electron chi connectivity index (χ2n) is 27.8. The van der Waals surface area contributed by atoms with E-state index < -0.39 is 0 Å². The summed E-state index contributed by atoms with van der Waals surface area (Å²) < 4.78 is 17.1. The van der Waals surface area contributed by atoms with E-state index in [1.807, 2.05) is 146 Å². The predicted molar refractivity (Wildman–Crippen MR) is 453 cm³/mol. The fraction of sp³-hybridized carbons (Fsp3) is 0. The number of pyridine rings is 2. The van der Waals surface area contributed by atoms with Gasteiger partial charge in [-0.05, 0) is 123 Å². The normalized spacial score (nSPS) is 11.6. The minimum Gasteiger partial charge on any atom is -0.456 e. The molecule has 8 heterocycles. The van der Waals surface area contributed by atoms with Crippen LogP contribution in [0.25, 0.3) is 212 Å². The van der Waals surface area contributed by atoms with E-state index in [9.17, 15) is 0 Å². The third kappa shape index (κ3) is 11.7. The molecule has 0 atom stereocenters. The van der Waals surface area contributed by atoms with Crippen molar-refractivity contribution in [3.63, 3.8) is 0 Å². The predicted octanol–water partition coefficient (Wildman–Crippen LogP) is 25.2. The minimum atomic E-state index is 0.501. The Morgan fingerprint density at radius 3 is 1.10 bits per heavy atom. The number of nitrogens with zero attached hydrogens (tertiary/aromatic N) is 10. The lowest BCUT2D eigenvalue weighted by molar-refractivity contribution is 0.668. The Morgan fingerprint density at radius 1 is 0.205 bits per heavy atom. The van der Waals surface area contributed by atoms with E-state index in [0.29, 0.717) is 40.6 Å². The molecule has 22 rings (SSSR count). The van der Waals surface area contributed by atoms with Crippen LogP contribution in [-0.2, 0) is 0 Å². The Bertz CT molecular complexity index is 6960.